The Bertz CT molecular complexity index is 684. The lowest BCUT2D eigenvalue weighted by Gasteiger charge is -2.32. The summed E-state index contributed by atoms with van der Waals surface area (Å²) in [6.07, 6.45) is 1.90. The number of urea groups is 1. The van der Waals surface area contributed by atoms with Gasteiger partial charge in [0.05, 0.1) is 5.92 Å². The summed E-state index contributed by atoms with van der Waals surface area (Å²) in [6.45, 7) is 1.40. The molecule has 0 radical (unpaired) electrons. The van der Waals surface area contributed by atoms with E-state index in [2.05, 4.69) is 26.1 Å². The van der Waals surface area contributed by atoms with Gasteiger partial charge in [-0.25, -0.2) is 4.79 Å². The van der Waals surface area contributed by atoms with Gasteiger partial charge in [-0.1, -0.05) is 21.1 Å². The standard InChI is InChI=1S/C16H19BrN4O2/c1-20(2)16(22)21-9-3-4-12(10-21)15-18-14(19-23-15)11-5-7-13(17)8-6-11/h5-8,12H,3-4,9-10H2,1-2H3. The summed E-state index contributed by atoms with van der Waals surface area (Å²) >= 11 is 3.41. The first-order chi connectivity index (χ1) is 11.0. The van der Waals surface area contributed by atoms with E-state index >= 15 is 0 Å². The summed E-state index contributed by atoms with van der Waals surface area (Å²) in [6, 6.07) is 7.82. The van der Waals surface area contributed by atoms with Gasteiger partial charge in [-0.3, -0.25) is 0 Å². The highest BCUT2D eigenvalue weighted by atomic mass is 79.9. The number of rotatable bonds is 2. The van der Waals surface area contributed by atoms with Crippen LogP contribution in [0.25, 0.3) is 11.4 Å². The lowest BCUT2D eigenvalue weighted by atomic mass is 9.98. The van der Waals surface area contributed by atoms with Crippen molar-refractivity contribution in [2.75, 3.05) is 27.2 Å². The first-order valence-electron chi connectivity index (χ1n) is 7.60. The lowest BCUT2D eigenvalue weighted by molar-refractivity contribution is 0.149. The molecule has 1 fully saturated rings. The van der Waals surface area contributed by atoms with Crippen LogP contribution < -0.4 is 0 Å². The number of piperidine rings is 1. The number of hydrogen-bond acceptors (Lipinski definition) is 4. The monoisotopic (exact) mass is 378 g/mol. The van der Waals surface area contributed by atoms with Gasteiger partial charge < -0.3 is 14.3 Å². The van der Waals surface area contributed by atoms with Gasteiger partial charge in [0, 0.05) is 37.2 Å². The van der Waals surface area contributed by atoms with Crippen molar-refractivity contribution in [3.63, 3.8) is 0 Å². The van der Waals surface area contributed by atoms with E-state index in [-0.39, 0.29) is 11.9 Å². The number of amides is 2. The number of carbonyl (C=O) groups excluding carboxylic acids is 1. The van der Waals surface area contributed by atoms with Gasteiger partial charge in [-0.15, -0.1) is 0 Å². The van der Waals surface area contributed by atoms with E-state index in [1.54, 1.807) is 19.0 Å². The third kappa shape index (κ3) is 3.55. The van der Waals surface area contributed by atoms with Gasteiger partial charge in [-0.05, 0) is 37.1 Å². The predicted molar refractivity (Wildman–Crippen MR) is 90.1 cm³/mol. The topological polar surface area (TPSA) is 62.5 Å². The molecule has 2 amide bonds. The Hall–Kier alpha value is -1.89. The normalized spacial score (nSPS) is 18.0. The van der Waals surface area contributed by atoms with E-state index in [9.17, 15) is 4.79 Å². The molecule has 1 atom stereocenters. The zero-order valence-corrected chi connectivity index (χ0v) is 14.8. The Balaban J connectivity index is 1.74. The predicted octanol–water partition coefficient (Wildman–Crippen LogP) is 3.36. The fourth-order valence-corrected chi connectivity index (χ4v) is 3.02. The maximum absolute atomic E-state index is 12.1. The minimum absolute atomic E-state index is 0.0300. The van der Waals surface area contributed by atoms with Crippen LogP contribution in [-0.4, -0.2) is 53.2 Å². The highest BCUT2D eigenvalue weighted by Crippen LogP contribution is 2.28. The average Bonchev–Trinajstić information content (AvgIpc) is 3.05. The molecule has 122 valence electrons. The molecule has 1 aromatic carbocycles. The van der Waals surface area contributed by atoms with Crippen molar-refractivity contribution >= 4 is 22.0 Å². The van der Waals surface area contributed by atoms with Crippen LogP contribution in [0, 0.1) is 0 Å². The minimum atomic E-state index is 0.0300. The number of benzene rings is 1. The number of carbonyl (C=O) groups is 1. The summed E-state index contributed by atoms with van der Waals surface area (Å²) in [5.74, 6) is 1.30. The molecule has 0 aliphatic carbocycles. The molecule has 23 heavy (non-hydrogen) atoms. The second kappa shape index (κ2) is 6.70. The molecule has 1 aliphatic rings. The van der Waals surface area contributed by atoms with E-state index < -0.39 is 0 Å². The maximum Gasteiger partial charge on any atom is 0.319 e. The van der Waals surface area contributed by atoms with Gasteiger partial charge >= 0.3 is 6.03 Å². The van der Waals surface area contributed by atoms with Crippen LogP contribution in [0.4, 0.5) is 4.79 Å². The first kappa shape index (κ1) is 16.0. The largest absolute Gasteiger partial charge is 0.339 e. The second-order valence-electron chi connectivity index (χ2n) is 5.93. The Morgan fingerprint density at radius 1 is 1.35 bits per heavy atom. The van der Waals surface area contributed by atoms with Crippen molar-refractivity contribution in [3.05, 3.63) is 34.6 Å². The molecule has 0 spiro atoms. The number of halogens is 1. The third-order valence-electron chi connectivity index (χ3n) is 3.97. The minimum Gasteiger partial charge on any atom is -0.339 e. The fourth-order valence-electron chi connectivity index (χ4n) is 2.75. The lowest BCUT2D eigenvalue weighted by Crippen LogP contribution is -2.44. The van der Waals surface area contributed by atoms with E-state index in [1.807, 2.05) is 29.2 Å². The number of likely N-dealkylation sites (tertiary alicyclic amines) is 1. The van der Waals surface area contributed by atoms with E-state index in [4.69, 9.17) is 4.52 Å². The Morgan fingerprint density at radius 2 is 2.09 bits per heavy atom. The zero-order valence-electron chi connectivity index (χ0n) is 13.2. The van der Waals surface area contributed by atoms with E-state index in [1.165, 1.54) is 0 Å². The molecular formula is C16H19BrN4O2. The van der Waals surface area contributed by atoms with Crippen molar-refractivity contribution in [3.8, 4) is 11.4 Å². The van der Waals surface area contributed by atoms with Crippen LogP contribution in [-0.2, 0) is 0 Å². The molecule has 6 nitrogen and oxygen atoms in total. The van der Waals surface area contributed by atoms with Gasteiger partial charge in [-0.2, -0.15) is 4.98 Å². The van der Waals surface area contributed by atoms with Crippen LogP contribution in [0.1, 0.15) is 24.7 Å². The molecule has 1 aliphatic heterocycles. The third-order valence-corrected chi connectivity index (χ3v) is 4.50. The Labute approximate surface area is 143 Å². The van der Waals surface area contributed by atoms with Crippen molar-refractivity contribution < 1.29 is 9.32 Å². The highest BCUT2D eigenvalue weighted by Gasteiger charge is 2.29. The van der Waals surface area contributed by atoms with Crippen LogP contribution in [0.3, 0.4) is 0 Å². The molecule has 2 heterocycles. The Morgan fingerprint density at radius 3 is 2.78 bits per heavy atom. The van der Waals surface area contributed by atoms with Crippen molar-refractivity contribution in [1.29, 1.82) is 0 Å². The summed E-state index contributed by atoms with van der Waals surface area (Å²) < 4.78 is 6.46. The molecule has 3 rings (SSSR count). The Kier molecular flexibility index (Phi) is 4.66. The number of aromatic nitrogens is 2. The number of nitrogens with zero attached hydrogens (tertiary/aromatic N) is 4. The number of hydrogen-bond donors (Lipinski definition) is 0. The molecule has 1 unspecified atom stereocenters. The molecule has 0 saturated carbocycles. The molecular weight excluding hydrogens is 360 g/mol. The summed E-state index contributed by atoms with van der Waals surface area (Å²) in [5, 5.41) is 4.08. The van der Waals surface area contributed by atoms with Crippen LogP contribution in [0.5, 0.6) is 0 Å². The van der Waals surface area contributed by atoms with Crippen LogP contribution in [0.2, 0.25) is 0 Å². The zero-order chi connectivity index (χ0) is 16.4. The summed E-state index contributed by atoms with van der Waals surface area (Å²) in [5.41, 5.74) is 0.917. The molecule has 0 bridgehead atoms. The average molecular weight is 379 g/mol. The second-order valence-corrected chi connectivity index (χ2v) is 6.84. The molecule has 0 N–H and O–H groups in total. The maximum atomic E-state index is 12.1. The van der Waals surface area contributed by atoms with Gasteiger partial charge in [0.1, 0.15) is 0 Å². The summed E-state index contributed by atoms with van der Waals surface area (Å²) in [7, 11) is 3.54. The molecule has 1 aromatic heterocycles. The van der Waals surface area contributed by atoms with Gasteiger partial charge in [0.15, 0.2) is 0 Å². The van der Waals surface area contributed by atoms with Crippen molar-refractivity contribution in [2.24, 2.45) is 0 Å². The van der Waals surface area contributed by atoms with Crippen LogP contribution >= 0.6 is 15.9 Å². The SMILES string of the molecule is CN(C)C(=O)N1CCCC(c2nc(-c3ccc(Br)cc3)no2)C1. The van der Waals surface area contributed by atoms with Crippen LogP contribution in [0.15, 0.2) is 33.3 Å². The molecule has 1 saturated heterocycles. The molecule has 2 aromatic rings. The quantitative estimate of drug-likeness (QED) is 0.803. The van der Waals surface area contributed by atoms with Crippen molar-refractivity contribution in [2.45, 2.75) is 18.8 Å². The summed E-state index contributed by atoms with van der Waals surface area (Å²) in [4.78, 5) is 20.1. The smallest absolute Gasteiger partial charge is 0.319 e. The molecule has 7 heteroatoms. The first-order valence-corrected chi connectivity index (χ1v) is 8.39. The fraction of sp³-hybridized carbons (Fsp3) is 0.438. The van der Waals surface area contributed by atoms with Gasteiger partial charge in [0.2, 0.25) is 11.7 Å². The van der Waals surface area contributed by atoms with Crippen molar-refractivity contribution in [1.82, 2.24) is 19.9 Å². The van der Waals surface area contributed by atoms with Gasteiger partial charge in [0.25, 0.3) is 0 Å². The van der Waals surface area contributed by atoms with E-state index in [0.717, 1.165) is 29.4 Å². The highest BCUT2D eigenvalue weighted by molar-refractivity contribution is 9.10. The van der Waals surface area contributed by atoms with E-state index in [0.29, 0.717) is 18.3 Å².